The number of benzene rings is 3. The fourth-order valence-corrected chi connectivity index (χ4v) is 3.90. The first-order valence-electron chi connectivity index (χ1n) is 9.73. The van der Waals surface area contributed by atoms with Crippen molar-refractivity contribution in [2.45, 2.75) is 11.4 Å². The molecule has 0 atom stereocenters. The highest BCUT2D eigenvalue weighted by Crippen LogP contribution is 2.30. The standard InChI is InChI=1S/C23H26N4O3S/c1-26(2)31(29,30)20-15-13-18(14-16-20)17-24-23(28)25-21-11-7-8-12-22(21)27(3)19-9-5-4-6-10-19/h4-16H,17H2,1-3H3,(H2,24,25,28). The summed E-state index contributed by atoms with van der Waals surface area (Å²) >= 11 is 0. The molecule has 0 aliphatic carbocycles. The topological polar surface area (TPSA) is 81.8 Å². The van der Waals surface area contributed by atoms with E-state index in [-0.39, 0.29) is 17.5 Å². The van der Waals surface area contributed by atoms with Gasteiger partial charge in [-0.3, -0.25) is 0 Å². The van der Waals surface area contributed by atoms with Crippen molar-refractivity contribution in [1.29, 1.82) is 0 Å². The van der Waals surface area contributed by atoms with Crippen molar-refractivity contribution in [2.24, 2.45) is 0 Å². The zero-order valence-corrected chi connectivity index (χ0v) is 18.6. The van der Waals surface area contributed by atoms with Gasteiger partial charge in [0.05, 0.1) is 16.3 Å². The van der Waals surface area contributed by atoms with E-state index in [1.165, 1.54) is 26.2 Å². The summed E-state index contributed by atoms with van der Waals surface area (Å²) in [6.07, 6.45) is 0. The number of anilines is 3. The Morgan fingerprint density at radius 3 is 2.10 bits per heavy atom. The Morgan fingerprint density at radius 1 is 0.839 bits per heavy atom. The van der Waals surface area contributed by atoms with E-state index >= 15 is 0 Å². The maximum Gasteiger partial charge on any atom is 0.319 e. The van der Waals surface area contributed by atoms with Crippen LogP contribution in [-0.4, -0.2) is 39.9 Å². The van der Waals surface area contributed by atoms with Crippen LogP contribution in [0.1, 0.15) is 5.56 Å². The molecule has 0 spiro atoms. The molecule has 3 aromatic carbocycles. The second-order valence-corrected chi connectivity index (χ2v) is 9.30. The SMILES string of the molecule is CN(c1ccccc1)c1ccccc1NC(=O)NCc1ccc(S(=O)(=O)N(C)C)cc1. The molecule has 0 heterocycles. The first-order chi connectivity index (χ1) is 14.8. The molecular formula is C23H26N4O3S. The van der Waals surface area contributed by atoms with Gasteiger partial charge < -0.3 is 15.5 Å². The average Bonchev–Trinajstić information content (AvgIpc) is 2.78. The molecule has 3 aromatic rings. The van der Waals surface area contributed by atoms with Crippen LogP contribution in [0.4, 0.5) is 21.9 Å². The molecule has 0 radical (unpaired) electrons. The number of nitrogens with one attached hydrogen (secondary N) is 2. The van der Waals surface area contributed by atoms with Crippen molar-refractivity contribution in [3.8, 4) is 0 Å². The van der Waals surface area contributed by atoms with E-state index in [2.05, 4.69) is 10.6 Å². The highest BCUT2D eigenvalue weighted by Gasteiger charge is 2.16. The lowest BCUT2D eigenvalue weighted by Crippen LogP contribution is -2.29. The summed E-state index contributed by atoms with van der Waals surface area (Å²) < 4.78 is 25.5. The van der Waals surface area contributed by atoms with Gasteiger partial charge in [-0.1, -0.05) is 42.5 Å². The van der Waals surface area contributed by atoms with Crippen LogP contribution in [-0.2, 0) is 16.6 Å². The molecule has 0 aromatic heterocycles. The number of hydrogen-bond donors (Lipinski definition) is 2. The molecule has 31 heavy (non-hydrogen) atoms. The van der Waals surface area contributed by atoms with Crippen LogP contribution in [0.2, 0.25) is 0 Å². The van der Waals surface area contributed by atoms with Crippen molar-refractivity contribution in [1.82, 2.24) is 9.62 Å². The van der Waals surface area contributed by atoms with Crippen molar-refractivity contribution in [3.63, 3.8) is 0 Å². The maximum absolute atomic E-state index is 12.5. The lowest BCUT2D eigenvalue weighted by Gasteiger charge is -2.22. The van der Waals surface area contributed by atoms with Crippen LogP contribution in [0.5, 0.6) is 0 Å². The second kappa shape index (κ2) is 9.63. The van der Waals surface area contributed by atoms with Gasteiger partial charge in [-0.05, 0) is 42.0 Å². The summed E-state index contributed by atoms with van der Waals surface area (Å²) in [5.74, 6) is 0. The third kappa shape index (κ3) is 5.42. The summed E-state index contributed by atoms with van der Waals surface area (Å²) in [6.45, 7) is 0.269. The molecule has 0 saturated carbocycles. The summed E-state index contributed by atoms with van der Waals surface area (Å²) in [5.41, 5.74) is 3.34. The Kier molecular flexibility index (Phi) is 6.94. The number of sulfonamides is 1. The van der Waals surface area contributed by atoms with Gasteiger partial charge in [-0.25, -0.2) is 17.5 Å². The lowest BCUT2D eigenvalue weighted by molar-refractivity contribution is 0.251. The van der Waals surface area contributed by atoms with Gasteiger partial charge in [-0.2, -0.15) is 0 Å². The Morgan fingerprint density at radius 2 is 1.45 bits per heavy atom. The normalized spacial score (nSPS) is 11.2. The van der Waals surface area contributed by atoms with E-state index in [1.54, 1.807) is 12.1 Å². The monoisotopic (exact) mass is 438 g/mol. The number of rotatable bonds is 7. The van der Waals surface area contributed by atoms with E-state index in [0.29, 0.717) is 5.69 Å². The van der Waals surface area contributed by atoms with Crippen LogP contribution >= 0.6 is 0 Å². The van der Waals surface area contributed by atoms with Gasteiger partial charge in [-0.15, -0.1) is 0 Å². The van der Waals surface area contributed by atoms with E-state index in [0.717, 1.165) is 21.2 Å². The molecule has 8 heteroatoms. The number of nitrogens with zero attached hydrogens (tertiary/aromatic N) is 2. The molecule has 7 nitrogen and oxygen atoms in total. The van der Waals surface area contributed by atoms with Crippen molar-refractivity contribution >= 4 is 33.1 Å². The van der Waals surface area contributed by atoms with Crippen molar-refractivity contribution in [2.75, 3.05) is 31.4 Å². The number of carbonyl (C=O) groups excluding carboxylic acids is 1. The molecule has 162 valence electrons. The van der Waals surface area contributed by atoms with Crippen LogP contribution in [0, 0.1) is 0 Å². The van der Waals surface area contributed by atoms with Crippen molar-refractivity contribution < 1.29 is 13.2 Å². The molecule has 0 unspecified atom stereocenters. The molecule has 0 bridgehead atoms. The van der Waals surface area contributed by atoms with Gasteiger partial charge in [0.2, 0.25) is 10.0 Å². The summed E-state index contributed by atoms with van der Waals surface area (Å²) in [6, 6.07) is 23.5. The number of para-hydroxylation sites is 3. The minimum Gasteiger partial charge on any atom is -0.343 e. The van der Waals surface area contributed by atoms with E-state index < -0.39 is 10.0 Å². The number of urea groups is 1. The molecule has 0 fully saturated rings. The van der Waals surface area contributed by atoms with Crippen LogP contribution in [0.15, 0.2) is 83.8 Å². The predicted octanol–water partition coefficient (Wildman–Crippen LogP) is 4.03. The Bertz CT molecular complexity index is 1130. The third-order valence-corrected chi connectivity index (χ3v) is 6.64. The zero-order chi connectivity index (χ0) is 22.4. The first kappa shape index (κ1) is 22.3. The van der Waals surface area contributed by atoms with Gasteiger partial charge in [0.15, 0.2) is 0 Å². The quantitative estimate of drug-likeness (QED) is 0.584. The summed E-state index contributed by atoms with van der Waals surface area (Å²) in [7, 11) is 1.45. The fourth-order valence-electron chi connectivity index (χ4n) is 3.00. The summed E-state index contributed by atoms with van der Waals surface area (Å²) in [4.78, 5) is 14.7. The van der Waals surface area contributed by atoms with E-state index in [1.807, 2.05) is 66.5 Å². The van der Waals surface area contributed by atoms with Crippen LogP contribution < -0.4 is 15.5 Å². The van der Waals surface area contributed by atoms with Gasteiger partial charge in [0.1, 0.15) is 0 Å². The third-order valence-electron chi connectivity index (χ3n) is 4.81. The Balaban J connectivity index is 1.65. The van der Waals surface area contributed by atoms with Crippen LogP contribution in [0.3, 0.4) is 0 Å². The van der Waals surface area contributed by atoms with Gasteiger partial charge in [0.25, 0.3) is 0 Å². The predicted molar refractivity (Wildman–Crippen MR) is 124 cm³/mol. The maximum atomic E-state index is 12.5. The van der Waals surface area contributed by atoms with E-state index in [9.17, 15) is 13.2 Å². The molecule has 2 amide bonds. The zero-order valence-electron chi connectivity index (χ0n) is 17.7. The average molecular weight is 439 g/mol. The minimum absolute atomic E-state index is 0.212. The van der Waals surface area contributed by atoms with Crippen molar-refractivity contribution in [3.05, 3.63) is 84.4 Å². The molecule has 0 saturated heterocycles. The molecule has 3 rings (SSSR count). The first-order valence-corrected chi connectivity index (χ1v) is 11.2. The highest BCUT2D eigenvalue weighted by atomic mass is 32.2. The minimum atomic E-state index is -3.47. The number of carbonyl (C=O) groups is 1. The number of amides is 2. The van der Waals surface area contributed by atoms with Crippen LogP contribution in [0.25, 0.3) is 0 Å². The Hall–Kier alpha value is -3.36. The smallest absolute Gasteiger partial charge is 0.319 e. The Labute approximate surface area is 183 Å². The lowest BCUT2D eigenvalue weighted by atomic mass is 10.2. The van der Waals surface area contributed by atoms with Gasteiger partial charge >= 0.3 is 6.03 Å². The molecule has 0 aliphatic rings. The second-order valence-electron chi connectivity index (χ2n) is 7.15. The molecule has 2 N–H and O–H groups in total. The molecular weight excluding hydrogens is 412 g/mol. The summed E-state index contributed by atoms with van der Waals surface area (Å²) in [5, 5.41) is 5.69. The fraction of sp³-hybridized carbons (Fsp3) is 0.174. The number of hydrogen-bond acceptors (Lipinski definition) is 4. The largest absolute Gasteiger partial charge is 0.343 e. The van der Waals surface area contributed by atoms with Gasteiger partial charge in [0, 0.05) is 33.4 Å². The van der Waals surface area contributed by atoms with E-state index in [4.69, 9.17) is 0 Å². The molecule has 0 aliphatic heterocycles. The highest BCUT2D eigenvalue weighted by molar-refractivity contribution is 7.89.